The Bertz CT molecular complexity index is 288. The molecule has 1 aromatic heterocycles. The maximum absolute atomic E-state index is 4.21. The molecule has 1 heterocycles. The molecule has 0 bridgehead atoms. The number of thioether (sulfide) groups is 1. The zero-order valence-electron chi connectivity index (χ0n) is 11.1. The Balaban J connectivity index is 2.48. The van der Waals surface area contributed by atoms with E-state index >= 15 is 0 Å². The molecule has 0 saturated carbocycles. The minimum atomic E-state index is 0.437. The molecule has 1 rings (SSSR count). The van der Waals surface area contributed by atoms with E-state index in [2.05, 4.69) is 37.1 Å². The molecule has 3 heteroatoms. The zero-order valence-corrected chi connectivity index (χ0v) is 12.0. The molecule has 1 unspecified atom stereocenters. The maximum atomic E-state index is 4.21. The largest absolute Gasteiger partial charge is 0.309 e. The van der Waals surface area contributed by atoms with Gasteiger partial charge in [-0.15, -0.1) is 0 Å². The predicted octanol–water partition coefficient (Wildman–Crippen LogP) is 3.51. The van der Waals surface area contributed by atoms with Gasteiger partial charge in [0.1, 0.15) is 0 Å². The Hall–Kier alpha value is -0.540. The van der Waals surface area contributed by atoms with Crippen molar-refractivity contribution in [1.82, 2.24) is 10.3 Å². The molecule has 1 atom stereocenters. The van der Waals surface area contributed by atoms with Crippen molar-refractivity contribution < 1.29 is 0 Å². The van der Waals surface area contributed by atoms with Crippen molar-refractivity contribution in [2.45, 2.75) is 33.2 Å². The normalized spacial score (nSPS) is 12.9. The smallest absolute Gasteiger partial charge is 0.0427 e. The highest BCUT2D eigenvalue weighted by Gasteiger charge is 2.10. The van der Waals surface area contributed by atoms with Crippen molar-refractivity contribution in [3.63, 3.8) is 0 Å². The van der Waals surface area contributed by atoms with Crippen molar-refractivity contribution in [3.8, 4) is 0 Å². The van der Waals surface area contributed by atoms with Crippen LogP contribution in [0.3, 0.4) is 0 Å². The molecule has 96 valence electrons. The molecule has 0 radical (unpaired) electrons. The molecule has 17 heavy (non-hydrogen) atoms. The summed E-state index contributed by atoms with van der Waals surface area (Å²) in [6.45, 7) is 7.81. The number of nitrogens with one attached hydrogen (secondary N) is 1. The van der Waals surface area contributed by atoms with Gasteiger partial charge in [-0.1, -0.05) is 26.8 Å². The van der Waals surface area contributed by atoms with Crippen molar-refractivity contribution in [2.75, 3.05) is 18.1 Å². The predicted molar refractivity (Wildman–Crippen MR) is 77.4 cm³/mol. The third-order valence-electron chi connectivity index (χ3n) is 2.46. The van der Waals surface area contributed by atoms with E-state index in [0.717, 1.165) is 18.2 Å². The van der Waals surface area contributed by atoms with E-state index in [1.54, 1.807) is 0 Å². The average Bonchev–Trinajstić information content (AvgIpc) is 2.34. The molecule has 0 saturated heterocycles. The lowest BCUT2D eigenvalue weighted by atomic mass is 10.1. The number of hydrogen-bond donors (Lipinski definition) is 1. The van der Waals surface area contributed by atoms with Crippen molar-refractivity contribution in [2.24, 2.45) is 5.92 Å². The topological polar surface area (TPSA) is 24.9 Å². The molecule has 0 aliphatic heterocycles. The fourth-order valence-corrected chi connectivity index (χ4v) is 2.75. The summed E-state index contributed by atoms with van der Waals surface area (Å²) in [6, 6.07) is 4.62. The third kappa shape index (κ3) is 6.08. The van der Waals surface area contributed by atoms with Crippen LogP contribution in [-0.2, 0) is 0 Å². The van der Waals surface area contributed by atoms with Crippen LogP contribution in [0.1, 0.15) is 38.8 Å². The second-order valence-electron chi connectivity index (χ2n) is 4.72. The van der Waals surface area contributed by atoms with E-state index in [4.69, 9.17) is 0 Å². The molecule has 1 aromatic rings. The number of nitrogens with zero attached hydrogens (tertiary/aromatic N) is 1. The van der Waals surface area contributed by atoms with Gasteiger partial charge in [0.05, 0.1) is 0 Å². The highest BCUT2D eigenvalue weighted by molar-refractivity contribution is 7.99. The third-order valence-corrected chi connectivity index (χ3v) is 3.93. The van der Waals surface area contributed by atoms with Gasteiger partial charge in [0.2, 0.25) is 0 Å². The van der Waals surface area contributed by atoms with Crippen molar-refractivity contribution in [1.29, 1.82) is 0 Å². The van der Waals surface area contributed by atoms with Crippen LogP contribution in [0.2, 0.25) is 0 Å². The molecule has 2 nitrogen and oxygen atoms in total. The fourth-order valence-electron chi connectivity index (χ4n) is 1.60. The Kier molecular flexibility index (Phi) is 7.29. The van der Waals surface area contributed by atoms with E-state index in [-0.39, 0.29) is 0 Å². The fraction of sp³-hybridized carbons (Fsp3) is 0.643. The summed E-state index contributed by atoms with van der Waals surface area (Å²) >= 11 is 2.02. The summed E-state index contributed by atoms with van der Waals surface area (Å²) in [5, 5.41) is 3.60. The first-order chi connectivity index (χ1) is 8.24. The zero-order chi connectivity index (χ0) is 12.5. The van der Waals surface area contributed by atoms with E-state index in [1.807, 2.05) is 30.2 Å². The van der Waals surface area contributed by atoms with Crippen LogP contribution in [0.5, 0.6) is 0 Å². The second-order valence-corrected chi connectivity index (χ2v) is 5.80. The summed E-state index contributed by atoms with van der Waals surface area (Å²) in [7, 11) is 0. The van der Waals surface area contributed by atoms with Crippen LogP contribution >= 0.6 is 11.8 Å². The highest BCUT2D eigenvalue weighted by Crippen LogP contribution is 2.19. The molecule has 0 aromatic carbocycles. The molecule has 0 aliphatic rings. The van der Waals surface area contributed by atoms with E-state index in [1.165, 1.54) is 17.7 Å². The van der Waals surface area contributed by atoms with Crippen LogP contribution in [0, 0.1) is 5.92 Å². The lowest BCUT2D eigenvalue weighted by Gasteiger charge is -2.18. The maximum Gasteiger partial charge on any atom is 0.0427 e. The minimum absolute atomic E-state index is 0.437. The quantitative estimate of drug-likeness (QED) is 0.766. The first-order valence-corrected chi connectivity index (χ1v) is 7.60. The van der Waals surface area contributed by atoms with Crippen LogP contribution in [0.4, 0.5) is 0 Å². The van der Waals surface area contributed by atoms with Crippen LogP contribution in [0.15, 0.2) is 24.5 Å². The van der Waals surface area contributed by atoms with E-state index in [9.17, 15) is 0 Å². The van der Waals surface area contributed by atoms with Gasteiger partial charge in [-0.3, -0.25) is 4.98 Å². The molecule has 1 N–H and O–H groups in total. The molecule has 0 amide bonds. The van der Waals surface area contributed by atoms with Crippen molar-refractivity contribution >= 4 is 11.8 Å². The lowest BCUT2D eigenvalue weighted by molar-refractivity contribution is 0.575. The summed E-state index contributed by atoms with van der Waals surface area (Å²) < 4.78 is 0. The first-order valence-electron chi connectivity index (χ1n) is 6.45. The van der Waals surface area contributed by atoms with Gasteiger partial charge in [-0.05, 0) is 36.3 Å². The summed E-state index contributed by atoms with van der Waals surface area (Å²) in [4.78, 5) is 4.21. The number of aromatic nitrogens is 1. The molecule has 0 aliphatic carbocycles. The van der Waals surface area contributed by atoms with E-state index < -0.39 is 0 Å². The summed E-state index contributed by atoms with van der Waals surface area (Å²) in [6.07, 6.45) is 4.98. The monoisotopic (exact) mass is 252 g/mol. The number of hydrogen-bond acceptors (Lipinski definition) is 3. The summed E-state index contributed by atoms with van der Waals surface area (Å²) in [5.41, 5.74) is 1.30. The van der Waals surface area contributed by atoms with E-state index in [0.29, 0.717) is 6.04 Å². The van der Waals surface area contributed by atoms with Crippen molar-refractivity contribution in [3.05, 3.63) is 30.1 Å². The number of rotatable bonds is 8. The Labute approximate surface area is 110 Å². The SMILES string of the molecule is CCCNC(CSCC(C)C)c1cccnc1. The van der Waals surface area contributed by atoms with Gasteiger partial charge >= 0.3 is 0 Å². The Morgan fingerprint density at radius 2 is 2.18 bits per heavy atom. The molecule has 0 fully saturated rings. The van der Waals surface area contributed by atoms with Crippen LogP contribution in [0.25, 0.3) is 0 Å². The number of pyridine rings is 1. The molecule has 0 spiro atoms. The van der Waals surface area contributed by atoms with Gasteiger partial charge in [0.25, 0.3) is 0 Å². The molecular formula is C14H24N2S. The van der Waals surface area contributed by atoms with Gasteiger partial charge < -0.3 is 5.32 Å². The molecular weight excluding hydrogens is 228 g/mol. The Morgan fingerprint density at radius 3 is 2.76 bits per heavy atom. The average molecular weight is 252 g/mol. The minimum Gasteiger partial charge on any atom is -0.309 e. The lowest BCUT2D eigenvalue weighted by Crippen LogP contribution is -2.24. The Morgan fingerprint density at radius 1 is 1.35 bits per heavy atom. The summed E-state index contributed by atoms with van der Waals surface area (Å²) in [5.74, 6) is 3.12. The second kappa shape index (κ2) is 8.54. The standard InChI is InChI=1S/C14H24N2S/c1-4-7-16-14(11-17-10-12(2)3)13-6-5-8-15-9-13/h5-6,8-9,12,14,16H,4,7,10-11H2,1-3H3. The van der Waals surface area contributed by atoms with Crippen LogP contribution in [-0.4, -0.2) is 23.0 Å². The van der Waals surface area contributed by atoms with Gasteiger partial charge in [-0.2, -0.15) is 11.8 Å². The van der Waals surface area contributed by atoms with Gasteiger partial charge in [0, 0.05) is 24.2 Å². The first kappa shape index (κ1) is 14.5. The van der Waals surface area contributed by atoms with Gasteiger partial charge in [-0.25, -0.2) is 0 Å². The highest BCUT2D eigenvalue weighted by atomic mass is 32.2. The van der Waals surface area contributed by atoms with Crippen LogP contribution < -0.4 is 5.32 Å². The van der Waals surface area contributed by atoms with Gasteiger partial charge in [0.15, 0.2) is 0 Å².